The molecule has 2 nitrogen and oxygen atoms in total. The summed E-state index contributed by atoms with van der Waals surface area (Å²) in [6.07, 6.45) is 0. The number of thiazole rings is 1. The van der Waals surface area contributed by atoms with Crippen LogP contribution in [0.2, 0.25) is 0 Å². The van der Waals surface area contributed by atoms with Crippen molar-refractivity contribution >= 4 is 16.5 Å². The molecule has 0 saturated carbocycles. The van der Waals surface area contributed by atoms with Gasteiger partial charge in [0.15, 0.2) is 0 Å². The van der Waals surface area contributed by atoms with Gasteiger partial charge in [-0.2, -0.15) is 0 Å². The van der Waals surface area contributed by atoms with E-state index >= 15 is 0 Å². The molecule has 0 N–H and O–H groups in total. The van der Waals surface area contributed by atoms with Crippen molar-refractivity contribution in [2.24, 2.45) is 0 Å². The van der Waals surface area contributed by atoms with Crippen molar-refractivity contribution in [3.8, 4) is 0 Å². The summed E-state index contributed by atoms with van der Waals surface area (Å²) < 4.78 is 1.30. The first-order chi connectivity index (χ1) is 4.74. The van der Waals surface area contributed by atoms with Crippen LogP contribution in [-0.4, -0.2) is 24.0 Å². The standard InChI is InChI=1S/C6H10IN2S/c1-7-5-4-10-6(8-5)9(2)3/h4H,1-3H3/q-1. The Hall–Kier alpha value is 0.160. The molecule has 0 unspecified atom stereocenters. The Morgan fingerprint density at radius 3 is 2.60 bits per heavy atom. The van der Waals surface area contributed by atoms with Gasteiger partial charge in [0, 0.05) is 0 Å². The quantitative estimate of drug-likeness (QED) is 0.460. The normalized spacial score (nSPS) is 10.3. The second kappa shape index (κ2) is 3.52. The molecule has 1 aromatic heterocycles. The maximum absolute atomic E-state index is 4.42. The van der Waals surface area contributed by atoms with Crippen LogP contribution in [0.3, 0.4) is 0 Å². The first kappa shape index (κ1) is 8.26. The SMILES string of the molecule is C[I-]c1csc(N(C)C)n1. The third-order valence-electron chi connectivity index (χ3n) is 1.04. The van der Waals surface area contributed by atoms with Gasteiger partial charge in [0.05, 0.1) is 0 Å². The summed E-state index contributed by atoms with van der Waals surface area (Å²) in [6, 6.07) is 0. The Morgan fingerprint density at radius 1 is 1.60 bits per heavy atom. The molecule has 0 aliphatic carbocycles. The van der Waals surface area contributed by atoms with Crippen molar-refractivity contribution in [3.63, 3.8) is 0 Å². The summed E-state index contributed by atoms with van der Waals surface area (Å²) >= 11 is 1.90. The molecule has 0 spiro atoms. The van der Waals surface area contributed by atoms with Crippen molar-refractivity contribution in [2.45, 2.75) is 0 Å². The topological polar surface area (TPSA) is 16.1 Å². The summed E-state index contributed by atoms with van der Waals surface area (Å²) in [5, 5.41) is 3.28. The molecule has 10 heavy (non-hydrogen) atoms. The van der Waals surface area contributed by atoms with Crippen LogP contribution in [0.5, 0.6) is 0 Å². The van der Waals surface area contributed by atoms with E-state index in [-0.39, 0.29) is 21.2 Å². The Morgan fingerprint density at radius 2 is 2.30 bits per heavy atom. The maximum atomic E-state index is 4.42. The predicted octanol–water partition coefficient (Wildman–Crippen LogP) is -1.90. The second-order valence-corrected chi connectivity index (χ2v) is 5.06. The van der Waals surface area contributed by atoms with E-state index in [1.54, 1.807) is 11.3 Å². The summed E-state index contributed by atoms with van der Waals surface area (Å²) in [7, 11) is 4.05. The van der Waals surface area contributed by atoms with Gasteiger partial charge in [0.2, 0.25) is 0 Å². The zero-order valence-electron chi connectivity index (χ0n) is 6.26. The van der Waals surface area contributed by atoms with Crippen LogP contribution in [-0.2, 0) is 0 Å². The number of halogens is 1. The minimum atomic E-state index is 0.177. The van der Waals surface area contributed by atoms with Gasteiger partial charge in [-0.1, -0.05) is 0 Å². The van der Waals surface area contributed by atoms with Gasteiger partial charge in [-0.05, 0) is 0 Å². The fraction of sp³-hybridized carbons (Fsp3) is 0.500. The molecule has 0 atom stereocenters. The molecule has 4 heteroatoms. The monoisotopic (exact) mass is 269 g/mol. The van der Waals surface area contributed by atoms with E-state index in [0.29, 0.717) is 0 Å². The van der Waals surface area contributed by atoms with Gasteiger partial charge in [-0.15, -0.1) is 0 Å². The van der Waals surface area contributed by atoms with Gasteiger partial charge in [-0.3, -0.25) is 0 Å². The van der Waals surface area contributed by atoms with Crippen molar-refractivity contribution in [1.29, 1.82) is 0 Å². The summed E-state index contributed by atoms with van der Waals surface area (Å²) in [6.45, 7) is 0. The fourth-order valence-corrected chi connectivity index (χ4v) is 3.02. The van der Waals surface area contributed by atoms with Crippen molar-refractivity contribution in [3.05, 3.63) is 9.08 Å². The van der Waals surface area contributed by atoms with Gasteiger partial charge in [0.25, 0.3) is 0 Å². The molecule has 1 aromatic rings. The molecule has 0 amide bonds. The van der Waals surface area contributed by atoms with Crippen LogP contribution < -0.4 is 26.1 Å². The van der Waals surface area contributed by atoms with Gasteiger partial charge in [0.1, 0.15) is 0 Å². The average molecular weight is 269 g/mol. The Labute approximate surface area is 75.5 Å². The first-order valence-electron chi connectivity index (χ1n) is 2.86. The van der Waals surface area contributed by atoms with Crippen molar-refractivity contribution in [2.75, 3.05) is 23.9 Å². The number of aromatic nitrogens is 1. The minimum absolute atomic E-state index is 0.177. The number of rotatable bonds is 2. The molecule has 0 aliphatic heterocycles. The van der Waals surface area contributed by atoms with Crippen molar-refractivity contribution in [1.82, 2.24) is 4.98 Å². The van der Waals surface area contributed by atoms with Gasteiger partial charge in [-0.25, -0.2) is 0 Å². The summed E-state index contributed by atoms with van der Waals surface area (Å²) in [4.78, 5) is 8.70. The van der Waals surface area contributed by atoms with Gasteiger partial charge < -0.3 is 0 Å². The van der Waals surface area contributed by atoms with E-state index in [9.17, 15) is 0 Å². The number of hydrogen-bond acceptors (Lipinski definition) is 3. The number of alkyl halides is 1. The number of nitrogens with zero attached hydrogens (tertiary/aromatic N) is 2. The van der Waals surface area contributed by atoms with Crippen LogP contribution in [0, 0.1) is 3.70 Å². The second-order valence-electron chi connectivity index (χ2n) is 2.04. The zero-order chi connectivity index (χ0) is 7.56. The first-order valence-corrected chi connectivity index (χ1v) is 6.98. The zero-order valence-corrected chi connectivity index (χ0v) is 9.23. The molecular weight excluding hydrogens is 259 g/mol. The van der Waals surface area contributed by atoms with Crippen LogP contribution in [0.4, 0.5) is 5.13 Å². The molecule has 58 valence electrons. The van der Waals surface area contributed by atoms with E-state index < -0.39 is 0 Å². The van der Waals surface area contributed by atoms with E-state index in [1.807, 2.05) is 19.0 Å². The molecule has 1 rings (SSSR count). The van der Waals surface area contributed by atoms with E-state index in [2.05, 4.69) is 15.3 Å². The van der Waals surface area contributed by atoms with Crippen LogP contribution in [0.1, 0.15) is 0 Å². The van der Waals surface area contributed by atoms with E-state index in [1.165, 1.54) is 3.70 Å². The van der Waals surface area contributed by atoms with E-state index in [4.69, 9.17) is 0 Å². The molecule has 0 fully saturated rings. The molecule has 0 radical (unpaired) electrons. The average Bonchev–Trinajstić information content (AvgIpc) is 2.34. The third-order valence-corrected chi connectivity index (χ3v) is 4.13. The van der Waals surface area contributed by atoms with Crippen LogP contribution >= 0.6 is 11.3 Å². The number of hydrogen-bond donors (Lipinski definition) is 0. The predicted molar refractivity (Wildman–Crippen MR) is 41.1 cm³/mol. The molecular formula is C6H10IN2S-. The van der Waals surface area contributed by atoms with Gasteiger partial charge >= 0.3 is 75.7 Å². The Bertz CT molecular complexity index is 209. The Balaban J connectivity index is 2.78. The van der Waals surface area contributed by atoms with Crippen LogP contribution in [0.15, 0.2) is 5.38 Å². The molecule has 0 aliphatic rings. The fourth-order valence-electron chi connectivity index (χ4n) is 0.538. The molecule has 0 aromatic carbocycles. The Kier molecular flexibility index (Phi) is 2.91. The van der Waals surface area contributed by atoms with Crippen LogP contribution in [0.25, 0.3) is 0 Å². The number of anilines is 1. The molecule has 0 bridgehead atoms. The van der Waals surface area contributed by atoms with E-state index in [0.717, 1.165) is 5.13 Å². The summed E-state index contributed by atoms with van der Waals surface area (Å²) in [5.41, 5.74) is 0. The molecule has 0 saturated heterocycles. The molecule has 1 heterocycles. The van der Waals surface area contributed by atoms with Crippen molar-refractivity contribution < 1.29 is 21.2 Å². The third kappa shape index (κ3) is 1.82. The summed E-state index contributed by atoms with van der Waals surface area (Å²) in [5.74, 6) is 0.